The Morgan fingerprint density at radius 3 is 2.71 bits per heavy atom. The van der Waals surface area contributed by atoms with Crippen LogP contribution in [0.1, 0.15) is 77.3 Å². The van der Waals surface area contributed by atoms with Crippen molar-refractivity contribution in [3.63, 3.8) is 0 Å². The number of fused-ring (bicyclic) bond motifs is 2. The first-order valence-corrected chi connectivity index (χ1v) is 13.7. The summed E-state index contributed by atoms with van der Waals surface area (Å²) in [5.74, 6) is 0.882. The van der Waals surface area contributed by atoms with Gasteiger partial charge in [-0.2, -0.15) is 0 Å². The number of piperidine rings is 1. The van der Waals surface area contributed by atoms with Gasteiger partial charge in [0.15, 0.2) is 11.5 Å². The highest BCUT2D eigenvalue weighted by Gasteiger charge is 2.82. The van der Waals surface area contributed by atoms with Crippen molar-refractivity contribution in [2.75, 3.05) is 20.2 Å². The first-order valence-electron chi connectivity index (χ1n) is 13.7. The van der Waals surface area contributed by atoms with Gasteiger partial charge in [-0.1, -0.05) is 32.9 Å². The van der Waals surface area contributed by atoms with E-state index in [0.29, 0.717) is 11.8 Å². The van der Waals surface area contributed by atoms with E-state index in [1.54, 1.807) is 0 Å². The lowest BCUT2D eigenvalue weighted by molar-refractivity contribution is -0.313. The Labute approximate surface area is 210 Å². The molecule has 5 nitrogen and oxygen atoms in total. The fourth-order valence-electron chi connectivity index (χ4n) is 9.56. The number of ether oxygens (including phenoxy) is 2. The number of rotatable bonds is 7. The van der Waals surface area contributed by atoms with Gasteiger partial charge in [0.2, 0.25) is 0 Å². The average molecular weight is 482 g/mol. The highest BCUT2D eigenvalue weighted by molar-refractivity contribution is 5.63. The van der Waals surface area contributed by atoms with Gasteiger partial charge in [-0.05, 0) is 75.5 Å². The Bertz CT molecular complexity index is 1060. The lowest BCUT2D eigenvalue weighted by Crippen LogP contribution is -2.83. The molecule has 1 aromatic rings. The number of methoxy groups -OCH3 is 1. The summed E-state index contributed by atoms with van der Waals surface area (Å²) in [6.45, 7) is 14.6. The smallest absolute Gasteiger partial charge is 0.165 e. The third-order valence-corrected chi connectivity index (χ3v) is 12.0. The molecule has 3 saturated carbocycles. The van der Waals surface area contributed by atoms with Gasteiger partial charge < -0.3 is 19.7 Å². The Balaban J connectivity index is 1.60. The molecule has 4 bridgehead atoms. The van der Waals surface area contributed by atoms with Crippen LogP contribution in [0.15, 0.2) is 24.8 Å². The third kappa shape index (κ3) is 2.51. The van der Waals surface area contributed by atoms with Crippen molar-refractivity contribution in [2.45, 2.75) is 101 Å². The molecule has 1 saturated heterocycles. The van der Waals surface area contributed by atoms with Gasteiger partial charge >= 0.3 is 0 Å². The quantitative estimate of drug-likeness (QED) is 0.539. The molecule has 4 aliphatic carbocycles. The zero-order valence-electron chi connectivity index (χ0n) is 22.2. The van der Waals surface area contributed by atoms with Crippen molar-refractivity contribution >= 4 is 0 Å². The summed E-state index contributed by atoms with van der Waals surface area (Å²) in [4.78, 5) is 2.71. The van der Waals surface area contributed by atoms with Gasteiger partial charge in [0, 0.05) is 42.0 Å². The lowest BCUT2D eigenvalue weighted by Gasteiger charge is -2.75. The lowest BCUT2D eigenvalue weighted by atomic mass is 9.33. The molecule has 2 N–H and O–H groups in total. The SMILES string of the molecule is C=CCCN1CC[C@]23c4c5ccc(O)c4O[C@H]2[C@]2(OC)CC[C@@]3(C[C@@H]2[C@](C)(O)C(C)(C)CC)[C@H]1C5. The second-order valence-corrected chi connectivity index (χ2v) is 13.0. The molecule has 7 atom stereocenters. The number of benzene rings is 1. The van der Waals surface area contributed by atoms with Gasteiger partial charge in [0.25, 0.3) is 0 Å². The van der Waals surface area contributed by atoms with E-state index in [1.165, 1.54) is 11.1 Å². The summed E-state index contributed by atoms with van der Waals surface area (Å²) in [7, 11) is 1.82. The normalized spacial score (nSPS) is 40.7. The van der Waals surface area contributed by atoms with E-state index < -0.39 is 11.2 Å². The van der Waals surface area contributed by atoms with E-state index in [4.69, 9.17) is 9.47 Å². The number of aromatic hydroxyl groups is 1. The van der Waals surface area contributed by atoms with E-state index in [2.05, 4.69) is 38.3 Å². The number of nitrogens with zero attached hydrogens (tertiary/aromatic N) is 1. The predicted molar refractivity (Wildman–Crippen MR) is 137 cm³/mol. The fourth-order valence-corrected chi connectivity index (χ4v) is 9.56. The maximum Gasteiger partial charge on any atom is 0.165 e. The monoisotopic (exact) mass is 481 g/mol. The van der Waals surface area contributed by atoms with Crippen LogP contribution in [0.4, 0.5) is 0 Å². The first kappa shape index (κ1) is 23.8. The molecule has 2 aliphatic heterocycles. The number of aliphatic hydroxyl groups is 1. The van der Waals surface area contributed by atoms with Gasteiger partial charge in [0.1, 0.15) is 11.7 Å². The molecule has 2 spiro atoms. The van der Waals surface area contributed by atoms with Gasteiger partial charge in [-0.15, -0.1) is 6.58 Å². The minimum atomic E-state index is -0.923. The Morgan fingerprint density at radius 2 is 2.03 bits per heavy atom. The molecule has 2 heterocycles. The van der Waals surface area contributed by atoms with E-state index in [0.717, 1.165) is 58.0 Å². The number of hydrogen-bond donors (Lipinski definition) is 2. The summed E-state index contributed by atoms with van der Waals surface area (Å²) in [6.07, 6.45) is 8.58. The zero-order chi connectivity index (χ0) is 25.0. The molecule has 0 radical (unpaired) electrons. The summed E-state index contributed by atoms with van der Waals surface area (Å²) >= 11 is 0. The van der Waals surface area contributed by atoms with Crippen LogP contribution in [0.2, 0.25) is 0 Å². The first-order chi connectivity index (χ1) is 16.6. The maximum atomic E-state index is 12.4. The molecule has 1 aromatic carbocycles. The van der Waals surface area contributed by atoms with Gasteiger partial charge in [0.05, 0.1) is 5.60 Å². The topological polar surface area (TPSA) is 62.2 Å². The highest BCUT2D eigenvalue weighted by Crippen LogP contribution is 2.78. The van der Waals surface area contributed by atoms with Crippen LogP contribution in [-0.4, -0.2) is 58.7 Å². The molecule has 0 unspecified atom stereocenters. The molecule has 0 aromatic heterocycles. The number of phenols is 1. The molecule has 5 heteroatoms. The van der Waals surface area contributed by atoms with Crippen molar-refractivity contribution in [3.05, 3.63) is 35.9 Å². The minimum Gasteiger partial charge on any atom is -0.504 e. The molecular formula is C30H43NO4. The second kappa shape index (κ2) is 7.26. The van der Waals surface area contributed by atoms with Crippen molar-refractivity contribution in [3.8, 4) is 11.5 Å². The van der Waals surface area contributed by atoms with Crippen LogP contribution in [0.3, 0.4) is 0 Å². The molecule has 7 rings (SSSR count). The van der Waals surface area contributed by atoms with E-state index in [1.807, 2.05) is 26.2 Å². The number of likely N-dealkylation sites (tertiary alicyclic amines) is 1. The Morgan fingerprint density at radius 1 is 1.26 bits per heavy atom. The van der Waals surface area contributed by atoms with E-state index in [-0.39, 0.29) is 34.0 Å². The van der Waals surface area contributed by atoms with E-state index >= 15 is 0 Å². The van der Waals surface area contributed by atoms with Crippen LogP contribution >= 0.6 is 0 Å². The summed E-state index contributed by atoms with van der Waals surface area (Å²) in [6, 6.07) is 4.34. The molecule has 4 fully saturated rings. The summed E-state index contributed by atoms with van der Waals surface area (Å²) in [5, 5.41) is 23.3. The van der Waals surface area contributed by atoms with Crippen molar-refractivity contribution in [1.29, 1.82) is 0 Å². The predicted octanol–water partition coefficient (Wildman–Crippen LogP) is 4.97. The molecule has 0 amide bonds. The second-order valence-electron chi connectivity index (χ2n) is 13.0. The van der Waals surface area contributed by atoms with Crippen LogP contribution in [0.5, 0.6) is 11.5 Å². The molecule has 6 aliphatic rings. The Hall–Kier alpha value is -1.56. The zero-order valence-corrected chi connectivity index (χ0v) is 22.2. The maximum absolute atomic E-state index is 12.4. The summed E-state index contributed by atoms with van der Waals surface area (Å²) in [5.41, 5.74) is 0.615. The van der Waals surface area contributed by atoms with Gasteiger partial charge in [-0.3, -0.25) is 4.90 Å². The standard InChI is InChI=1S/C30H43NO4/c1-7-9-15-31-16-14-29-23-19-10-11-20(32)24(23)35-25(29)30(34-6)13-12-28(29,22(31)17-19)18-21(30)27(5,33)26(3,4)8-2/h7,10-11,21-22,25,32-33H,1,8-9,12-18H2,2-6H3/t21-,22-,25-,27+,28-,29+,30+/m1/s1. The molecular weight excluding hydrogens is 438 g/mol. The van der Waals surface area contributed by atoms with Gasteiger partial charge in [-0.25, -0.2) is 0 Å². The van der Waals surface area contributed by atoms with Crippen molar-refractivity contribution in [1.82, 2.24) is 4.90 Å². The number of phenolic OH excluding ortho intramolecular Hbond substituents is 1. The molecule has 192 valence electrons. The van der Waals surface area contributed by atoms with Crippen LogP contribution in [-0.2, 0) is 16.6 Å². The van der Waals surface area contributed by atoms with Crippen molar-refractivity contribution < 1.29 is 19.7 Å². The van der Waals surface area contributed by atoms with Crippen LogP contribution in [0.25, 0.3) is 0 Å². The number of hydrogen-bond acceptors (Lipinski definition) is 5. The highest BCUT2D eigenvalue weighted by atomic mass is 16.6. The van der Waals surface area contributed by atoms with E-state index in [9.17, 15) is 10.2 Å². The van der Waals surface area contributed by atoms with Crippen LogP contribution < -0.4 is 4.74 Å². The molecule has 35 heavy (non-hydrogen) atoms. The van der Waals surface area contributed by atoms with Crippen molar-refractivity contribution in [2.24, 2.45) is 16.7 Å². The largest absolute Gasteiger partial charge is 0.504 e. The van der Waals surface area contributed by atoms with Crippen LogP contribution in [0, 0.1) is 16.7 Å². The fraction of sp³-hybridized carbons (Fsp3) is 0.733. The Kier molecular flexibility index (Phi) is 4.94. The summed E-state index contributed by atoms with van der Waals surface area (Å²) < 4.78 is 13.5. The average Bonchev–Trinajstić information content (AvgIpc) is 3.22. The minimum absolute atomic E-state index is 0.0120. The third-order valence-electron chi connectivity index (χ3n) is 12.0.